The average molecular weight is 310 g/mol. The predicted octanol–water partition coefficient (Wildman–Crippen LogP) is 2.48. The van der Waals surface area contributed by atoms with Crippen molar-refractivity contribution in [3.8, 4) is 0 Å². The highest BCUT2D eigenvalue weighted by atomic mass is 79.9. The third kappa shape index (κ3) is 2.18. The number of pyridine rings is 1. The normalized spacial score (nSPS) is 10.6. The van der Waals surface area contributed by atoms with E-state index in [1.807, 2.05) is 18.2 Å². The molecule has 0 fully saturated rings. The lowest BCUT2D eigenvalue weighted by Gasteiger charge is -2.08. The fourth-order valence-corrected chi connectivity index (χ4v) is 2.14. The average Bonchev–Trinajstić information content (AvgIpc) is 2.34. The molecule has 5 heteroatoms. The van der Waals surface area contributed by atoms with E-state index in [2.05, 4.69) is 15.9 Å². The second-order valence-corrected chi connectivity index (χ2v) is 4.76. The molecular formula is C13H12BrNO3. The first-order valence-electron chi connectivity index (χ1n) is 5.51. The van der Waals surface area contributed by atoms with E-state index >= 15 is 0 Å². The van der Waals surface area contributed by atoms with E-state index in [0.717, 1.165) is 15.4 Å². The van der Waals surface area contributed by atoms with Gasteiger partial charge in [0.2, 0.25) is 0 Å². The lowest BCUT2D eigenvalue weighted by Crippen LogP contribution is -2.25. The van der Waals surface area contributed by atoms with E-state index in [-0.39, 0.29) is 17.7 Å². The first-order chi connectivity index (χ1) is 8.54. The summed E-state index contributed by atoms with van der Waals surface area (Å²) in [4.78, 5) is 23.7. The molecule has 0 spiro atoms. The highest BCUT2D eigenvalue weighted by Crippen LogP contribution is 2.19. The van der Waals surface area contributed by atoms with Gasteiger partial charge in [0.15, 0.2) is 0 Å². The Morgan fingerprint density at radius 1 is 1.39 bits per heavy atom. The van der Waals surface area contributed by atoms with E-state index in [1.54, 1.807) is 20.0 Å². The van der Waals surface area contributed by atoms with Crippen molar-refractivity contribution < 1.29 is 9.53 Å². The third-order valence-electron chi connectivity index (χ3n) is 2.68. The summed E-state index contributed by atoms with van der Waals surface area (Å²) < 4.78 is 7.21. The van der Waals surface area contributed by atoms with Gasteiger partial charge in [0, 0.05) is 11.5 Å². The van der Waals surface area contributed by atoms with Crippen LogP contribution in [-0.4, -0.2) is 17.1 Å². The number of benzene rings is 1. The fourth-order valence-electron chi connectivity index (χ4n) is 1.79. The molecule has 0 N–H and O–H groups in total. The summed E-state index contributed by atoms with van der Waals surface area (Å²) in [6.45, 7) is 1.96. The van der Waals surface area contributed by atoms with Crippen LogP contribution in [0, 0.1) is 0 Å². The smallest absolute Gasteiger partial charge is 0.343 e. The molecule has 0 aliphatic heterocycles. The van der Waals surface area contributed by atoms with Crippen molar-refractivity contribution in [2.24, 2.45) is 7.05 Å². The van der Waals surface area contributed by atoms with Crippen LogP contribution in [0.2, 0.25) is 0 Å². The highest BCUT2D eigenvalue weighted by Gasteiger charge is 2.15. The molecule has 0 atom stereocenters. The van der Waals surface area contributed by atoms with E-state index in [0.29, 0.717) is 0 Å². The highest BCUT2D eigenvalue weighted by molar-refractivity contribution is 9.10. The van der Waals surface area contributed by atoms with Gasteiger partial charge in [0.1, 0.15) is 5.56 Å². The molecule has 2 aromatic rings. The van der Waals surface area contributed by atoms with Crippen LogP contribution in [0.1, 0.15) is 17.3 Å². The number of esters is 1. The lowest BCUT2D eigenvalue weighted by molar-refractivity contribution is 0.0524. The topological polar surface area (TPSA) is 48.3 Å². The van der Waals surface area contributed by atoms with Gasteiger partial charge in [-0.25, -0.2) is 4.79 Å². The Morgan fingerprint density at radius 2 is 2.11 bits per heavy atom. The molecule has 0 radical (unpaired) electrons. The predicted molar refractivity (Wildman–Crippen MR) is 72.8 cm³/mol. The quantitative estimate of drug-likeness (QED) is 0.801. The van der Waals surface area contributed by atoms with Crippen molar-refractivity contribution in [3.63, 3.8) is 0 Å². The first kappa shape index (κ1) is 12.8. The van der Waals surface area contributed by atoms with Crippen LogP contribution in [0.4, 0.5) is 0 Å². The van der Waals surface area contributed by atoms with Crippen molar-refractivity contribution in [2.75, 3.05) is 6.61 Å². The number of halogens is 1. The van der Waals surface area contributed by atoms with Crippen molar-refractivity contribution >= 4 is 32.8 Å². The Bertz CT molecular complexity index is 676. The number of fused-ring (bicyclic) bond motifs is 1. The fraction of sp³-hybridized carbons (Fsp3) is 0.231. The molecule has 0 unspecified atom stereocenters. The molecule has 94 valence electrons. The van der Waals surface area contributed by atoms with Crippen LogP contribution < -0.4 is 5.56 Å². The standard InChI is InChI=1S/C13H12BrNO3/c1-3-18-13(17)10-6-8-4-5-9(14)7-11(8)15(2)12(10)16/h4-7H,3H2,1-2H3. The second kappa shape index (κ2) is 4.94. The number of nitrogens with zero attached hydrogens (tertiary/aromatic N) is 1. The minimum absolute atomic E-state index is 0.0640. The van der Waals surface area contributed by atoms with Crippen LogP contribution in [0.5, 0.6) is 0 Å². The van der Waals surface area contributed by atoms with Gasteiger partial charge in [0.05, 0.1) is 12.1 Å². The van der Waals surface area contributed by atoms with E-state index in [1.165, 1.54) is 4.57 Å². The third-order valence-corrected chi connectivity index (χ3v) is 3.18. The zero-order valence-corrected chi connectivity index (χ0v) is 11.7. The largest absolute Gasteiger partial charge is 0.462 e. The molecule has 0 saturated carbocycles. The number of carbonyl (C=O) groups is 1. The van der Waals surface area contributed by atoms with Gasteiger partial charge in [-0.3, -0.25) is 4.79 Å². The summed E-state index contributed by atoms with van der Waals surface area (Å²) >= 11 is 3.36. The Balaban J connectivity index is 2.72. The minimum Gasteiger partial charge on any atom is -0.462 e. The summed E-state index contributed by atoms with van der Waals surface area (Å²) in [6.07, 6.45) is 0. The minimum atomic E-state index is -0.581. The van der Waals surface area contributed by atoms with E-state index in [4.69, 9.17) is 4.74 Å². The van der Waals surface area contributed by atoms with Crippen LogP contribution in [-0.2, 0) is 11.8 Å². The molecule has 4 nitrogen and oxygen atoms in total. The molecule has 1 aromatic heterocycles. The van der Waals surface area contributed by atoms with Crippen molar-refractivity contribution in [1.29, 1.82) is 0 Å². The van der Waals surface area contributed by atoms with Crippen molar-refractivity contribution in [1.82, 2.24) is 4.57 Å². The Morgan fingerprint density at radius 3 is 2.78 bits per heavy atom. The molecule has 0 bridgehead atoms. The maximum Gasteiger partial charge on any atom is 0.343 e. The van der Waals surface area contributed by atoms with Crippen molar-refractivity contribution in [3.05, 3.63) is 44.7 Å². The summed E-state index contributed by atoms with van der Waals surface area (Å²) in [6, 6.07) is 7.12. The number of aromatic nitrogens is 1. The van der Waals surface area contributed by atoms with Crippen molar-refractivity contribution in [2.45, 2.75) is 6.92 Å². The van der Waals surface area contributed by atoms with Crippen LogP contribution in [0.25, 0.3) is 10.9 Å². The van der Waals surface area contributed by atoms with Gasteiger partial charge < -0.3 is 9.30 Å². The number of aryl methyl sites for hydroxylation is 1. The molecule has 0 amide bonds. The van der Waals surface area contributed by atoms with E-state index in [9.17, 15) is 9.59 Å². The van der Waals surface area contributed by atoms with Gasteiger partial charge in [-0.15, -0.1) is 0 Å². The molecule has 0 aliphatic rings. The maximum absolute atomic E-state index is 12.1. The molecular weight excluding hydrogens is 298 g/mol. The molecule has 18 heavy (non-hydrogen) atoms. The Labute approximate surface area is 112 Å². The molecule has 1 aromatic carbocycles. The monoisotopic (exact) mass is 309 g/mol. The molecule has 1 heterocycles. The number of carbonyl (C=O) groups excluding carboxylic acids is 1. The first-order valence-corrected chi connectivity index (χ1v) is 6.30. The molecule has 0 saturated heterocycles. The van der Waals surface area contributed by atoms with E-state index < -0.39 is 5.97 Å². The number of hydrogen-bond donors (Lipinski definition) is 0. The van der Waals surface area contributed by atoms with Crippen LogP contribution in [0.3, 0.4) is 0 Å². The number of hydrogen-bond acceptors (Lipinski definition) is 3. The lowest BCUT2D eigenvalue weighted by atomic mass is 10.1. The Kier molecular flexibility index (Phi) is 3.52. The molecule has 0 aliphatic carbocycles. The van der Waals surface area contributed by atoms with Crippen LogP contribution in [0.15, 0.2) is 33.5 Å². The number of ether oxygens (including phenoxy) is 1. The summed E-state index contributed by atoms with van der Waals surface area (Å²) in [5.41, 5.74) is 0.482. The zero-order chi connectivity index (χ0) is 13.3. The number of rotatable bonds is 2. The maximum atomic E-state index is 12.1. The molecule has 2 rings (SSSR count). The zero-order valence-electron chi connectivity index (χ0n) is 10.1. The van der Waals surface area contributed by atoms with Crippen LogP contribution >= 0.6 is 15.9 Å². The Hall–Kier alpha value is -1.62. The summed E-state index contributed by atoms with van der Waals surface area (Å²) in [5, 5.41) is 0.823. The van der Waals surface area contributed by atoms with Gasteiger partial charge in [0.25, 0.3) is 5.56 Å². The second-order valence-electron chi connectivity index (χ2n) is 3.85. The van der Waals surface area contributed by atoms with Gasteiger partial charge >= 0.3 is 5.97 Å². The van der Waals surface area contributed by atoms with Gasteiger partial charge in [-0.05, 0) is 30.5 Å². The van der Waals surface area contributed by atoms with Gasteiger partial charge in [-0.1, -0.05) is 22.0 Å². The summed E-state index contributed by atoms with van der Waals surface area (Å²) in [7, 11) is 1.64. The SMILES string of the molecule is CCOC(=O)c1cc2ccc(Br)cc2n(C)c1=O. The summed E-state index contributed by atoms with van der Waals surface area (Å²) in [5.74, 6) is -0.581. The van der Waals surface area contributed by atoms with Gasteiger partial charge in [-0.2, -0.15) is 0 Å².